The quantitative estimate of drug-likeness (QED) is 0.480. The fourth-order valence-electron chi connectivity index (χ4n) is 1.04. The van der Waals surface area contributed by atoms with Crippen molar-refractivity contribution in [3.05, 3.63) is 11.1 Å². The van der Waals surface area contributed by atoms with E-state index < -0.39 is 0 Å². The number of aliphatic imine (C=N–C) groups is 1. The molecule has 3 N–H and O–H groups in total. The fraction of sp³-hybridized carbons (Fsp3) is 0.556. The Morgan fingerprint density at radius 1 is 1.46 bits per heavy atom. The molecule has 0 aromatic carbocycles. The third kappa shape index (κ3) is 4.42. The minimum atomic E-state index is 0.281. The van der Waals surface area contributed by atoms with E-state index in [-0.39, 0.29) is 6.67 Å². The minimum Gasteiger partial charge on any atom is -0.355 e. The van der Waals surface area contributed by atoms with Crippen LogP contribution in [0.3, 0.4) is 0 Å². The molecule has 0 fully saturated rings. The number of nitrogens with zero attached hydrogens (tertiary/aromatic N) is 1. The first-order valence-corrected chi connectivity index (χ1v) is 4.18. The average Bonchev–Trinajstić information content (AvgIpc) is 2.05. The van der Waals surface area contributed by atoms with E-state index in [1.807, 2.05) is 20.8 Å². The van der Waals surface area contributed by atoms with Crippen LogP contribution in [0.4, 0.5) is 0 Å². The molecule has 0 aliphatic heterocycles. The van der Waals surface area contributed by atoms with Gasteiger partial charge in [-0.25, -0.2) is 0 Å². The van der Waals surface area contributed by atoms with Gasteiger partial charge in [0.15, 0.2) is 0 Å². The Labute approximate surface area is 78.9 Å². The lowest BCUT2D eigenvalue weighted by Gasteiger charge is -2.08. The molecule has 0 aromatic rings. The van der Waals surface area contributed by atoms with Gasteiger partial charge in [-0.05, 0) is 26.3 Å². The van der Waals surface area contributed by atoms with Gasteiger partial charge in [0.25, 0.3) is 0 Å². The predicted octanol–water partition coefficient (Wildman–Crippen LogP) is 0.446. The van der Waals surface area contributed by atoms with Crippen molar-refractivity contribution in [3.8, 4) is 0 Å². The number of carbonyl (C=O) groups is 1. The van der Waals surface area contributed by atoms with Crippen molar-refractivity contribution in [3.63, 3.8) is 0 Å². The van der Waals surface area contributed by atoms with Crippen LogP contribution in [-0.4, -0.2) is 25.3 Å². The van der Waals surface area contributed by atoms with Gasteiger partial charge >= 0.3 is 0 Å². The van der Waals surface area contributed by atoms with Crippen molar-refractivity contribution < 1.29 is 4.79 Å². The standard InChI is InChI=1S/C9H17N3O/c1-7(2)9(4-11-6-13)8(3)12-5-10/h6H,4-5,10H2,1-3H3,(H,11,13)/b12-8-. The van der Waals surface area contributed by atoms with Crippen molar-refractivity contribution >= 4 is 12.1 Å². The van der Waals surface area contributed by atoms with Crippen molar-refractivity contribution in [1.82, 2.24) is 5.32 Å². The molecule has 74 valence electrons. The van der Waals surface area contributed by atoms with Crippen molar-refractivity contribution in [2.24, 2.45) is 10.7 Å². The number of nitrogens with one attached hydrogen (secondary N) is 1. The Hall–Kier alpha value is -1.16. The van der Waals surface area contributed by atoms with Crippen molar-refractivity contribution in [2.45, 2.75) is 20.8 Å². The van der Waals surface area contributed by atoms with Crippen LogP contribution in [0, 0.1) is 0 Å². The highest BCUT2D eigenvalue weighted by molar-refractivity contribution is 5.99. The Bertz CT molecular complexity index is 227. The van der Waals surface area contributed by atoms with E-state index in [0.29, 0.717) is 13.0 Å². The first kappa shape index (κ1) is 11.8. The highest BCUT2D eigenvalue weighted by Gasteiger charge is 2.02. The van der Waals surface area contributed by atoms with Gasteiger partial charge in [-0.3, -0.25) is 9.79 Å². The summed E-state index contributed by atoms with van der Waals surface area (Å²) < 4.78 is 0. The second kappa shape index (κ2) is 6.37. The summed E-state index contributed by atoms with van der Waals surface area (Å²) in [6.45, 7) is 6.65. The Kier molecular flexibility index (Phi) is 5.80. The molecule has 4 nitrogen and oxygen atoms in total. The van der Waals surface area contributed by atoms with Gasteiger partial charge in [0, 0.05) is 12.3 Å². The molecule has 0 rings (SSSR count). The number of allylic oxidation sites excluding steroid dienone is 1. The zero-order chi connectivity index (χ0) is 10.3. The first-order chi connectivity index (χ1) is 6.13. The summed E-state index contributed by atoms with van der Waals surface area (Å²) in [5.74, 6) is 0. The molecule has 0 saturated heterocycles. The van der Waals surface area contributed by atoms with Gasteiger partial charge in [-0.15, -0.1) is 0 Å². The lowest BCUT2D eigenvalue weighted by atomic mass is 10.1. The fourth-order valence-corrected chi connectivity index (χ4v) is 1.04. The molecular weight excluding hydrogens is 166 g/mol. The molecule has 4 heteroatoms. The first-order valence-electron chi connectivity index (χ1n) is 4.18. The average molecular weight is 183 g/mol. The van der Waals surface area contributed by atoms with Crippen molar-refractivity contribution in [2.75, 3.05) is 13.2 Å². The van der Waals surface area contributed by atoms with Crippen molar-refractivity contribution in [1.29, 1.82) is 0 Å². The summed E-state index contributed by atoms with van der Waals surface area (Å²) in [5.41, 5.74) is 8.36. The van der Waals surface area contributed by atoms with Crippen LogP contribution in [0.1, 0.15) is 20.8 Å². The summed E-state index contributed by atoms with van der Waals surface area (Å²) >= 11 is 0. The van der Waals surface area contributed by atoms with E-state index in [1.54, 1.807) is 0 Å². The molecular formula is C9H17N3O. The molecule has 0 heterocycles. The smallest absolute Gasteiger partial charge is 0.207 e. The molecule has 0 spiro atoms. The van der Waals surface area contributed by atoms with Gasteiger partial charge in [0.1, 0.15) is 0 Å². The number of nitrogens with two attached hydrogens (primary N) is 1. The van der Waals surface area contributed by atoms with Gasteiger partial charge < -0.3 is 11.1 Å². The zero-order valence-corrected chi connectivity index (χ0v) is 8.42. The van der Waals surface area contributed by atoms with Crippen LogP contribution in [-0.2, 0) is 4.79 Å². The van der Waals surface area contributed by atoms with E-state index in [9.17, 15) is 4.79 Å². The van der Waals surface area contributed by atoms with E-state index in [4.69, 9.17) is 5.73 Å². The Morgan fingerprint density at radius 2 is 2.08 bits per heavy atom. The normalized spacial score (nSPS) is 10.9. The summed E-state index contributed by atoms with van der Waals surface area (Å²) in [6.07, 6.45) is 0.679. The third-order valence-electron chi connectivity index (χ3n) is 1.73. The molecule has 0 bridgehead atoms. The van der Waals surface area contributed by atoms with E-state index >= 15 is 0 Å². The van der Waals surface area contributed by atoms with E-state index in [0.717, 1.165) is 16.9 Å². The summed E-state index contributed by atoms with van der Waals surface area (Å²) in [6, 6.07) is 0. The SMILES string of the molecule is CC(C)=C(CNC=O)/C(C)=N\CN. The largest absolute Gasteiger partial charge is 0.355 e. The van der Waals surface area contributed by atoms with Crippen LogP contribution in [0.5, 0.6) is 0 Å². The second-order valence-electron chi connectivity index (χ2n) is 2.90. The predicted molar refractivity (Wildman–Crippen MR) is 54.6 cm³/mol. The molecule has 0 radical (unpaired) electrons. The van der Waals surface area contributed by atoms with Crippen LogP contribution in [0.25, 0.3) is 0 Å². The summed E-state index contributed by atoms with van der Waals surface area (Å²) in [7, 11) is 0. The number of amides is 1. The lowest BCUT2D eigenvalue weighted by Crippen LogP contribution is -2.19. The van der Waals surface area contributed by atoms with Gasteiger partial charge in [-0.2, -0.15) is 0 Å². The highest BCUT2D eigenvalue weighted by atomic mass is 16.1. The maximum absolute atomic E-state index is 10.1. The number of hydrogen-bond acceptors (Lipinski definition) is 3. The van der Waals surface area contributed by atoms with Gasteiger partial charge in [0.2, 0.25) is 6.41 Å². The Morgan fingerprint density at radius 3 is 2.46 bits per heavy atom. The van der Waals surface area contributed by atoms with Gasteiger partial charge in [-0.1, -0.05) is 5.57 Å². The zero-order valence-electron chi connectivity index (χ0n) is 8.42. The molecule has 0 saturated carbocycles. The third-order valence-corrected chi connectivity index (χ3v) is 1.73. The van der Waals surface area contributed by atoms with Crippen LogP contribution < -0.4 is 11.1 Å². The van der Waals surface area contributed by atoms with Gasteiger partial charge in [0.05, 0.1) is 6.67 Å². The Balaban J connectivity index is 4.53. The number of rotatable bonds is 5. The monoisotopic (exact) mass is 183 g/mol. The molecule has 0 aliphatic carbocycles. The molecule has 0 atom stereocenters. The van der Waals surface area contributed by atoms with E-state index in [2.05, 4.69) is 10.3 Å². The van der Waals surface area contributed by atoms with Crippen LogP contribution in [0.15, 0.2) is 16.1 Å². The highest BCUT2D eigenvalue weighted by Crippen LogP contribution is 2.04. The molecule has 0 aliphatic rings. The summed E-state index contributed by atoms with van der Waals surface area (Å²) in [4.78, 5) is 14.2. The second-order valence-corrected chi connectivity index (χ2v) is 2.90. The molecule has 0 unspecified atom stereocenters. The molecule has 0 aromatic heterocycles. The topological polar surface area (TPSA) is 67.5 Å². The van der Waals surface area contributed by atoms with Crippen LogP contribution >= 0.6 is 0 Å². The molecule has 1 amide bonds. The minimum absolute atomic E-state index is 0.281. The lowest BCUT2D eigenvalue weighted by molar-refractivity contribution is -0.109. The number of carbonyl (C=O) groups excluding carboxylic acids is 1. The van der Waals surface area contributed by atoms with E-state index in [1.165, 1.54) is 0 Å². The number of hydrogen-bond donors (Lipinski definition) is 2. The summed E-state index contributed by atoms with van der Waals surface area (Å²) in [5, 5.41) is 2.61. The maximum atomic E-state index is 10.1. The van der Waals surface area contributed by atoms with Crippen LogP contribution in [0.2, 0.25) is 0 Å². The molecule has 13 heavy (non-hydrogen) atoms. The maximum Gasteiger partial charge on any atom is 0.207 e.